The number of hydrogen-bond acceptors (Lipinski definition) is 6. The second kappa shape index (κ2) is 9.15. The highest BCUT2D eigenvalue weighted by Crippen LogP contribution is 2.20. The van der Waals surface area contributed by atoms with Crippen molar-refractivity contribution in [3.05, 3.63) is 78.6 Å². The number of nitrogens with zero attached hydrogens (tertiary/aromatic N) is 6. The average molecular weight is 428 g/mol. The molecule has 8 nitrogen and oxygen atoms in total. The first-order valence-corrected chi connectivity index (χ1v) is 10.7. The van der Waals surface area contributed by atoms with E-state index in [1.807, 2.05) is 71.6 Å². The smallest absolute Gasteiger partial charge is 0.260 e. The van der Waals surface area contributed by atoms with E-state index in [9.17, 15) is 4.79 Å². The first-order chi connectivity index (χ1) is 15.8. The summed E-state index contributed by atoms with van der Waals surface area (Å²) in [5.74, 6) is 1.51. The fourth-order valence-corrected chi connectivity index (χ4v) is 3.92. The lowest BCUT2D eigenvalue weighted by molar-refractivity contribution is -0.135. The van der Waals surface area contributed by atoms with Crippen LogP contribution in [0.1, 0.15) is 5.82 Å². The molecule has 0 atom stereocenters. The fourth-order valence-electron chi connectivity index (χ4n) is 3.92. The van der Waals surface area contributed by atoms with Gasteiger partial charge in [-0.1, -0.05) is 48.5 Å². The zero-order valence-corrected chi connectivity index (χ0v) is 17.7. The quantitative estimate of drug-likeness (QED) is 0.470. The first kappa shape index (κ1) is 20.1. The van der Waals surface area contributed by atoms with E-state index < -0.39 is 0 Å². The molecule has 1 aliphatic heterocycles. The Morgan fingerprint density at radius 2 is 1.62 bits per heavy atom. The number of carbonyl (C=O) groups is 1. The molecule has 4 aromatic rings. The molecule has 0 spiro atoms. The number of ether oxygens (including phenoxy) is 1. The Labute approximate surface area is 186 Å². The zero-order valence-electron chi connectivity index (χ0n) is 17.7. The summed E-state index contributed by atoms with van der Waals surface area (Å²) in [4.78, 5) is 16.8. The van der Waals surface area contributed by atoms with Gasteiger partial charge in [-0.2, -0.15) is 4.68 Å². The average Bonchev–Trinajstić information content (AvgIpc) is 3.31. The van der Waals surface area contributed by atoms with Crippen LogP contribution >= 0.6 is 0 Å². The van der Waals surface area contributed by atoms with Gasteiger partial charge in [0.25, 0.3) is 5.91 Å². The lowest BCUT2D eigenvalue weighted by Crippen LogP contribution is -2.49. The van der Waals surface area contributed by atoms with E-state index in [-0.39, 0.29) is 12.5 Å². The minimum absolute atomic E-state index is 0.00641. The van der Waals surface area contributed by atoms with Gasteiger partial charge in [0, 0.05) is 26.2 Å². The van der Waals surface area contributed by atoms with Crippen molar-refractivity contribution in [1.29, 1.82) is 0 Å². The number of amides is 1. The Hall–Kier alpha value is -3.78. The van der Waals surface area contributed by atoms with Crippen molar-refractivity contribution in [3.63, 3.8) is 0 Å². The number of hydrogen-bond donors (Lipinski definition) is 0. The number of fused-ring (bicyclic) bond motifs is 1. The second-order valence-electron chi connectivity index (χ2n) is 7.80. The highest BCUT2D eigenvalue weighted by molar-refractivity contribution is 5.84. The van der Waals surface area contributed by atoms with Crippen LogP contribution in [-0.2, 0) is 11.3 Å². The number of benzene rings is 3. The Morgan fingerprint density at radius 3 is 2.44 bits per heavy atom. The molecular formula is C24H24N6O2. The Morgan fingerprint density at radius 1 is 0.875 bits per heavy atom. The van der Waals surface area contributed by atoms with Crippen molar-refractivity contribution in [1.82, 2.24) is 30.0 Å². The lowest BCUT2D eigenvalue weighted by Gasteiger charge is -2.34. The van der Waals surface area contributed by atoms with Gasteiger partial charge in [-0.15, -0.1) is 5.10 Å². The molecule has 5 rings (SSSR count). The van der Waals surface area contributed by atoms with Gasteiger partial charge in [0.1, 0.15) is 5.75 Å². The molecule has 1 aliphatic rings. The predicted molar refractivity (Wildman–Crippen MR) is 120 cm³/mol. The Kier molecular flexibility index (Phi) is 5.76. The van der Waals surface area contributed by atoms with E-state index in [0.717, 1.165) is 35.4 Å². The van der Waals surface area contributed by atoms with Gasteiger partial charge in [-0.3, -0.25) is 9.69 Å². The molecule has 1 saturated heterocycles. The molecule has 8 heteroatoms. The molecule has 32 heavy (non-hydrogen) atoms. The molecule has 0 saturated carbocycles. The number of carbonyl (C=O) groups excluding carboxylic acids is 1. The van der Waals surface area contributed by atoms with Crippen LogP contribution in [0.2, 0.25) is 0 Å². The van der Waals surface area contributed by atoms with E-state index in [4.69, 9.17) is 4.74 Å². The van der Waals surface area contributed by atoms with Gasteiger partial charge in [0.05, 0.1) is 12.2 Å². The minimum atomic E-state index is 0.00641. The molecule has 1 aromatic heterocycles. The van der Waals surface area contributed by atoms with Gasteiger partial charge >= 0.3 is 0 Å². The number of tetrazole rings is 1. The molecule has 2 heterocycles. The Bertz CT molecular complexity index is 1200. The van der Waals surface area contributed by atoms with Crippen LogP contribution < -0.4 is 4.74 Å². The SMILES string of the molecule is O=C(COc1ccc2ccccc2c1)N1CCN(Cc2nnnn2-c2ccccc2)CC1. The van der Waals surface area contributed by atoms with Crippen molar-refractivity contribution in [2.75, 3.05) is 32.8 Å². The van der Waals surface area contributed by atoms with E-state index in [1.54, 1.807) is 4.68 Å². The molecule has 162 valence electrons. The maximum Gasteiger partial charge on any atom is 0.260 e. The van der Waals surface area contributed by atoms with E-state index in [1.165, 1.54) is 0 Å². The van der Waals surface area contributed by atoms with Gasteiger partial charge in [0.2, 0.25) is 0 Å². The maximum absolute atomic E-state index is 12.6. The van der Waals surface area contributed by atoms with Crippen molar-refractivity contribution in [2.24, 2.45) is 0 Å². The maximum atomic E-state index is 12.6. The summed E-state index contributed by atoms with van der Waals surface area (Å²) >= 11 is 0. The van der Waals surface area contributed by atoms with Gasteiger partial charge in [-0.05, 0) is 45.5 Å². The molecule has 3 aromatic carbocycles. The first-order valence-electron chi connectivity index (χ1n) is 10.7. The molecule has 1 fully saturated rings. The van der Waals surface area contributed by atoms with Gasteiger partial charge in [-0.25, -0.2) is 0 Å². The van der Waals surface area contributed by atoms with Crippen LogP contribution in [-0.4, -0.2) is 68.7 Å². The highest BCUT2D eigenvalue weighted by Gasteiger charge is 2.23. The third-order valence-corrected chi connectivity index (χ3v) is 5.71. The van der Waals surface area contributed by atoms with Crippen molar-refractivity contribution in [3.8, 4) is 11.4 Å². The fraction of sp³-hybridized carbons (Fsp3) is 0.250. The summed E-state index contributed by atoms with van der Waals surface area (Å²) < 4.78 is 7.53. The van der Waals surface area contributed by atoms with Crippen molar-refractivity contribution < 1.29 is 9.53 Å². The van der Waals surface area contributed by atoms with Crippen molar-refractivity contribution in [2.45, 2.75) is 6.54 Å². The molecule has 0 aliphatic carbocycles. The van der Waals surface area contributed by atoms with E-state index in [2.05, 4.69) is 26.5 Å². The Balaban J connectivity index is 1.13. The third kappa shape index (κ3) is 4.45. The summed E-state index contributed by atoms with van der Waals surface area (Å²) in [5, 5.41) is 14.4. The molecule has 0 bridgehead atoms. The van der Waals surface area contributed by atoms with Crippen LogP contribution in [0.5, 0.6) is 5.75 Å². The normalized spacial score (nSPS) is 14.6. The van der Waals surface area contributed by atoms with Crippen LogP contribution in [0.3, 0.4) is 0 Å². The predicted octanol–water partition coefficient (Wildman–Crippen LogP) is 2.54. The summed E-state index contributed by atoms with van der Waals surface area (Å²) in [6.07, 6.45) is 0. The number of aromatic nitrogens is 4. The third-order valence-electron chi connectivity index (χ3n) is 5.71. The van der Waals surface area contributed by atoms with Crippen LogP contribution in [0, 0.1) is 0 Å². The summed E-state index contributed by atoms with van der Waals surface area (Å²) in [7, 11) is 0. The van der Waals surface area contributed by atoms with Gasteiger partial charge < -0.3 is 9.64 Å². The molecule has 1 amide bonds. The van der Waals surface area contributed by atoms with E-state index in [0.29, 0.717) is 25.4 Å². The number of rotatable bonds is 6. The second-order valence-corrected chi connectivity index (χ2v) is 7.80. The molecular weight excluding hydrogens is 404 g/mol. The van der Waals surface area contributed by atoms with Crippen LogP contribution in [0.4, 0.5) is 0 Å². The highest BCUT2D eigenvalue weighted by atomic mass is 16.5. The van der Waals surface area contributed by atoms with Crippen LogP contribution in [0.25, 0.3) is 16.5 Å². The molecule has 0 radical (unpaired) electrons. The largest absolute Gasteiger partial charge is 0.484 e. The summed E-state index contributed by atoms with van der Waals surface area (Å²) in [5.41, 5.74) is 0.937. The molecule has 0 unspecified atom stereocenters. The van der Waals surface area contributed by atoms with E-state index >= 15 is 0 Å². The minimum Gasteiger partial charge on any atom is -0.484 e. The van der Waals surface area contributed by atoms with Gasteiger partial charge in [0.15, 0.2) is 12.4 Å². The zero-order chi connectivity index (χ0) is 21.8. The lowest BCUT2D eigenvalue weighted by atomic mass is 10.1. The monoisotopic (exact) mass is 428 g/mol. The van der Waals surface area contributed by atoms with Crippen LogP contribution in [0.15, 0.2) is 72.8 Å². The number of para-hydroxylation sites is 1. The number of piperazine rings is 1. The molecule has 0 N–H and O–H groups in total. The standard InChI is InChI=1S/C24H24N6O2/c31-24(18-32-22-11-10-19-6-4-5-7-20(19)16-22)29-14-12-28(13-15-29)17-23-25-26-27-30(23)21-8-2-1-3-9-21/h1-11,16H,12-15,17-18H2. The summed E-state index contributed by atoms with van der Waals surface area (Å²) in [6.45, 7) is 3.54. The van der Waals surface area contributed by atoms with Crippen molar-refractivity contribution >= 4 is 16.7 Å². The summed E-state index contributed by atoms with van der Waals surface area (Å²) in [6, 6.07) is 23.8. The topological polar surface area (TPSA) is 76.4 Å².